The van der Waals surface area contributed by atoms with Crippen LogP contribution in [0.5, 0.6) is 5.75 Å². The van der Waals surface area contributed by atoms with Crippen molar-refractivity contribution in [1.29, 1.82) is 0 Å². The summed E-state index contributed by atoms with van der Waals surface area (Å²) < 4.78 is 10.5. The number of methoxy groups -OCH3 is 1. The number of fused-ring (bicyclic) bond motifs is 1. The van der Waals surface area contributed by atoms with Crippen molar-refractivity contribution in [2.24, 2.45) is 0 Å². The molecule has 1 unspecified atom stereocenters. The molecular weight excluding hydrogens is 258 g/mol. The van der Waals surface area contributed by atoms with E-state index in [0.717, 1.165) is 5.56 Å². The molecule has 1 aliphatic carbocycles. The molecule has 5 heteroatoms. The van der Waals surface area contributed by atoms with E-state index >= 15 is 0 Å². The van der Waals surface area contributed by atoms with Crippen LogP contribution in [0.3, 0.4) is 0 Å². The minimum atomic E-state index is -0.370. The van der Waals surface area contributed by atoms with Crippen molar-refractivity contribution in [1.82, 2.24) is 4.90 Å². The molecule has 0 radical (unpaired) electrons. The molecule has 20 heavy (non-hydrogen) atoms. The Hall–Kier alpha value is -1.88. The lowest BCUT2D eigenvalue weighted by Gasteiger charge is -2.29. The Morgan fingerprint density at radius 3 is 2.80 bits per heavy atom. The summed E-state index contributed by atoms with van der Waals surface area (Å²) in [5.41, 5.74) is 1.45. The number of morpholine rings is 1. The molecule has 0 spiro atoms. The van der Waals surface area contributed by atoms with Gasteiger partial charge in [-0.15, -0.1) is 0 Å². The maximum atomic E-state index is 12.6. The van der Waals surface area contributed by atoms with E-state index < -0.39 is 0 Å². The Morgan fingerprint density at radius 1 is 1.35 bits per heavy atom. The Bertz CT molecular complexity index is 549. The van der Waals surface area contributed by atoms with Gasteiger partial charge in [0.2, 0.25) is 5.91 Å². The molecular formula is C15H17NO4. The molecule has 1 atom stereocenters. The van der Waals surface area contributed by atoms with Gasteiger partial charge in [0, 0.05) is 25.1 Å². The average molecular weight is 275 g/mol. The fourth-order valence-corrected chi connectivity index (χ4v) is 2.84. The number of nitrogens with zero attached hydrogens (tertiary/aromatic N) is 1. The van der Waals surface area contributed by atoms with Gasteiger partial charge in [0.15, 0.2) is 5.78 Å². The van der Waals surface area contributed by atoms with Crippen LogP contribution in [0.2, 0.25) is 0 Å². The number of amides is 1. The van der Waals surface area contributed by atoms with Crippen LogP contribution in [0.4, 0.5) is 0 Å². The zero-order chi connectivity index (χ0) is 14.1. The lowest BCUT2D eigenvalue weighted by atomic mass is 9.99. The van der Waals surface area contributed by atoms with Crippen molar-refractivity contribution in [2.75, 3.05) is 33.4 Å². The fourth-order valence-electron chi connectivity index (χ4n) is 2.84. The second-order valence-corrected chi connectivity index (χ2v) is 5.07. The van der Waals surface area contributed by atoms with Crippen molar-refractivity contribution in [2.45, 2.75) is 12.3 Å². The predicted octanol–water partition coefficient (Wildman–Crippen LogP) is 1.22. The van der Waals surface area contributed by atoms with E-state index in [1.807, 2.05) is 6.07 Å². The summed E-state index contributed by atoms with van der Waals surface area (Å²) in [6, 6.07) is 5.32. The molecule has 1 amide bonds. The quantitative estimate of drug-likeness (QED) is 0.814. The Kier molecular flexibility index (Phi) is 3.44. The molecule has 1 aliphatic heterocycles. The number of benzene rings is 1. The second-order valence-electron chi connectivity index (χ2n) is 5.07. The minimum absolute atomic E-state index is 0.0219. The molecule has 106 valence electrons. The lowest BCUT2D eigenvalue weighted by molar-refractivity contribution is -0.136. The average Bonchev–Trinajstić information content (AvgIpc) is 2.84. The van der Waals surface area contributed by atoms with Gasteiger partial charge in [-0.1, -0.05) is 0 Å². The number of ether oxygens (including phenoxy) is 2. The molecule has 3 rings (SSSR count). The van der Waals surface area contributed by atoms with E-state index in [-0.39, 0.29) is 24.0 Å². The molecule has 1 aromatic rings. The highest BCUT2D eigenvalue weighted by molar-refractivity contribution is 6.06. The van der Waals surface area contributed by atoms with Gasteiger partial charge in [-0.3, -0.25) is 9.59 Å². The van der Waals surface area contributed by atoms with Crippen LogP contribution >= 0.6 is 0 Å². The molecule has 2 aliphatic rings. The first-order valence-corrected chi connectivity index (χ1v) is 6.78. The van der Waals surface area contributed by atoms with Gasteiger partial charge in [-0.25, -0.2) is 0 Å². The number of ketones is 1. The molecule has 5 nitrogen and oxygen atoms in total. The van der Waals surface area contributed by atoms with Gasteiger partial charge < -0.3 is 14.4 Å². The summed E-state index contributed by atoms with van der Waals surface area (Å²) in [7, 11) is 1.58. The third kappa shape index (κ3) is 2.18. The normalized spacial score (nSPS) is 21.8. The number of Topliss-reactive ketones (excluding diaryl/α,β-unsaturated/α-hetero) is 1. The van der Waals surface area contributed by atoms with Crippen molar-refractivity contribution >= 4 is 11.7 Å². The van der Waals surface area contributed by atoms with Crippen LogP contribution in [0, 0.1) is 0 Å². The molecule has 1 heterocycles. The Labute approximate surface area is 117 Å². The predicted molar refractivity (Wildman–Crippen MR) is 72.1 cm³/mol. The van der Waals surface area contributed by atoms with E-state index in [9.17, 15) is 9.59 Å². The number of carbonyl (C=O) groups is 2. The van der Waals surface area contributed by atoms with Crippen molar-refractivity contribution in [3.05, 3.63) is 29.3 Å². The van der Waals surface area contributed by atoms with Gasteiger partial charge in [-0.05, 0) is 23.8 Å². The van der Waals surface area contributed by atoms with E-state index in [1.54, 1.807) is 24.1 Å². The number of carbonyl (C=O) groups excluding carboxylic acids is 2. The van der Waals surface area contributed by atoms with E-state index in [0.29, 0.717) is 37.6 Å². The number of hydrogen-bond acceptors (Lipinski definition) is 4. The fraction of sp³-hybridized carbons (Fsp3) is 0.467. The van der Waals surface area contributed by atoms with Gasteiger partial charge in [0.05, 0.1) is 26.2 Å². The standard InChI is InChI=1S/C15H17NO4/c1-19-10-2-3-11-12(8-10)13(9-14(11)17)15(18)16-4-6-20-7-5-16/h2-3,8,13H,4-7,9H2,1H3. The van der Waals surface area contributed by atoms with Crippen LogP contribution < -0.4 is 4.74 Å². The molecule has 0 N–H and O–H groups in total. The van der Waals surface area contributed by atoms with Crippen LogP contribution in [0.1, 0.15) is 28.3 Å². The van der Waals surface area contributed by atoms with Crippen LogP contribution in [0.25, 0.3) is 0 Å². The van der Waals surface area contributed by atoms with Crippen LogP contribution in [-0.2, 0) is 9.53 Å². The van der Waals surface area contributed by atoms with Crippen molar-refractivity contribution in [3.63, 3.8) is 0 Å². The van der Waals surface area contributed by atoms with Crippen molar-refractivity contribution < 1.29 is 19.1 Å². The second kappa shape index (κ2) is 5.25. The van der Waals surface area contributed by atoms with E-state index in [1.165, 1.54) is 0 Å². The summed E-state index contributed by atoms with van der Waals surface area (Å²) in [6.45, 7) is 2.33. The monoisotopic (exact) mass is 275 g/mol. The highest BCUT2D eigenvalue weighted by atomic mass is 16.5. The van der Waals surface area contributed by atoms with Crippen molar-refractivity contribution in [3.8, 4) is 5.75 Å². The first-order chi connectivity index (χ1) is 9.70. The molecule has 0 bridgehead atoms. The third-order valence-corrected chi connectivity index (χ3v) is 3.94. The molecule has 0 aromatic heterocycles. The first-order valence-electron chi connectivity index (χ1n) is 6.78. The lowest BCUT2D eigenvalue weighted by Crippen LogP contribution is -2.42. The Balaban J connectivity index is 1.89. The molecule has 1 aromatic carbocycles. The van der Waals surface area contributed by atoms with Gasteiger partial charge in [0.25, 0.3) is 0 Å². The molecule has 1 saturated heterocycles. The first kappa shape index (κ1) is 13.1. The van der Waals surface area contributed by atoms with Crippen LogP contribution in [0.15, 0.2) is 18.2 Å². The number of rotatable bonds is 2. The number of hydrogen-bond donors (Lipinski definition) is 0. The van der Waals surface area contributed by atoms with Gasteiger partial charge in [0.1, 0.15) is 5.75 Å². The third-order valence-electron chi connectivity index (χ3n) is 3.94. The topological polar surface area (TPSA) is 55.8 Å². The Morgan fingerprint density at radius 2 is 2.10 bits per heavy atom. The molecule has 1 fully saturated rings. The zero-order valence-corrected chi connectivity index (χ0v) is 11.4. The van der Waals surface area contributed by atoms with E-state index in [4.69, 9.17) is 9.47 Å². The smallest absolute Gasteiger partial charge is 0.230 e. The maximum Gasteiger partial charge on any atom is 0.230 e. The summed E-state index contributed by atoms with van der Waals surface area (Å²) in [5, 5.41) is 0. The highest BCUT2D eigenvalue weighted by Gasteiger charge is 2.37. The summed E-state index contributed by atoms with van der Waals surface area (Å²) >= 11 is 0. The minimum Gasteiger partial charge on any atom is -0.497 e. The van der Waals surface area contributed by atoms with E-state index in [2.05, 4.69) is 0 Å². The highest BCUT2D eigenvalue weighted by Crippen LogP contribution is 2.36. The van der Waals surface area contributed by atoms with Gasteiger partial charge >= 0.3 is 0 Å². The SMILES string of the molecule is COc1ccc2c(c1)C(C(=O)N1CCOCC1)CC2=O. The summed E-state index contributed by atoms with van der Waals surface area (Å²) in [5.74, 6) is 0.367. The van der Waals surface area contributed by atoms with Crippen LogP contribution in [-0.4, -0.2) is 50.0 Å². The largest absolute Gasteiger partial charge is 0.497 e. The maximum absolute atomic E-state index is 12.6. The zero-order valence-electron chi connectivity index (χ0n) is 11.4. The summed E-state index contributed by atoms with van der Waals surface area (Å²) in [4.78, 5) is 26.4. The van der Waals surface area contributed by atoms with Gasteiger partial charge in [-0.2, -0.15) is 0 Å². The summed E-state index contributed by atoms with van der Waals surface area (Å²) in [6.07, 6.45) is 0.263. The molecule has 0 saturated carbocycles.